The van der Waals surface area contributed by atoms with E-state index in [1.807, 2.05) is 6.92 Å². The molecule has 0 bridgehead atoms. The van der Waals surface area contributed by atoms with Crippen LogP contribution >= 0.6 is 0 Å². The average Bonchev–Trinajstić information content (AvgIpc) is 2.10. The van der Waals surface area contributed by atoms with Crippen molar-refractivity contribution in [1.29, 1.82) is 0 Å². The van der Waals surface area contributed by atoms with E-state index in [0.717, 1.165) is 6.54 Å². The third-order valence-corrected chi connectivity index (χ3v) is 4.89. The van der Waals surface area contributed by atoms with Crippen LogP contribution in [0.1, 0.15) is 41.0 Å². The average molecular weight is 249 g/mol. The van der Waals surface area contributed by atoms with Gasteiger partial charge < -0.3 is 5.32 Å². The maximum Gasteiger partial charge on any atom is 0.151 e. The molecule has 98 valence electrons. The number of hydrogen-bond donors (Lipinski definition) is 1. The fraction of sp³-hybridized carbons (Fsp3) is 1.00. The molecule has 1 unspecified atom stereocenters. The molecular formula is C12H27NO2S. The van der Waals surface area contributed by atoms with Gasteiger partial charge in [-0.15, -0.1) is 0 Å². The van der Waals surface area contributed by atoms with Crippen LogP contribution in [0.2, 0.25) is 0 Å². The van der Waals surface area contributed by atoms with Gasteiger partial charge in [0, 0.05) is 12.3 Å². The fourth-order valence-electron chi connectivity index (χ4n) is 1.27. The lowest BCUT2D eigenvalue weighted by molar-refractivity contribution is 0.254. The summed E-state index contributed by atoms with van der Waals surface area (Å²) in [6.07, 6.45) is 0.709. The first-order valence-corrected chi connectivity index (χ1v) is 7.92. The molecule has 0 aromatic carbocycles. The number of rotatable bonds is 7. The molecule has 0 fully saturated rings. The smallest absolute Gasteiger partial charge is 0.151 e. The Kier molecular flexibility index (Phi) is 6.56. The molecular weight excluding hydrogens is 222 g/mol. The largest absolute Gasteiger partial charge is 0.315 e. The summed E-state index contributed by atoms with van der Waals surface area (Å²) < 4.78 is 22.9. The maximum absolute atomic E-state index is 11.4. The van der Waals surface area contributed by atoms with Gasteiger partial charge in [-0.05, 0) is 24.3 Å². The zero-order chi connectivity index (χ0) is 12.8. The molecule has 0 radical (unpaired) electrons. The number of nitrogens with one attached hydrogen (secondary N) is 1. The van der Waals surface area contributed by atoms with E-state index in [4.69, 9.17) is 0 Å². The van der Waals surface area contributed by atoms with Crippen molar-refractivity contribution in [3.8, 4) is 0 Å². The molecule has 0 saturated heterocycles. The highest BCUT2D eigenvalue weighted by molar-refractivity contribution is 7.91. The maximum atomic E-state index is 11.4. The van der Waals surface area contributed by atoms with Gasteiger partial charge in [-0.1, -0.05) is 34.6 Å². The van der Waals surface area contributed by atoms with Crippen LogP contribution in [0, 0.1) is 11.3 Å². The Morgan fingerprint density at radius 3 is 2.19 bits per heavy atom. The Bertz CT molecular complexity index is 278. The van der Waals surface area contributed by atoms with E-state index in [9.17, 15) is 8.42 Å². The SMILES string of the molecule is CCCS(=O)(=O)CCNCC(C)C(C)(C)C. The van der Waals surface area contributed by atoms with Gasteiger partial charge in [-0.2, -0.15) is 0 Å². The molecule has 0 aromatic rings. The number of sulfone groups is 1. The molecule has 1 atom stereocenters. The summed E-state index contributed by atoms with van der Waals surface area (Å²) in [5.74, 6) is 1.11. The second-order valence-electron chi connectivity index (χ2n) is 5.62. The lowest BCUT2D eigenvalue weighted by Crippen LogP contribution is -2.32. The summed E-state index contributed by atoms with van der Waals surface area (Å²) in [6, 6.07) is 0. The molecule has 0 spiro atoms. The molecule has 0 aliphatic rings. The van der Waals surface area contributed by atoms with E-state index in [-0.39, 0.29) is 11.2 Å². The van der Waals surface area contributed by atoms with Crippen LogP contribution in [0.5, 0.6) is 0 Å². The standard InChI is InChI=1S/C12H27NO2S/c1-6-8-16(14,15)9-7-13-10-11(2)12(3,4)5/h11,13H,6-10H2,1-5H3. The normalized spacial score (nSPS) is 15.1. The summed E-state index contributed by atoms with van der Waals surface area (Å²) in [5, 5.41) is 3.23. The molecule has 4 heteroatoms. The van der Waals surface area contributed by atoms with Gasteiger partial charge in [0.15, 0.2) is 9.84 Å². The summed E-state index contributed by atoms with van der Waals surface area (Å²) in [4.78, 5) is 0. The minimum absolute atomic E-state index is 0.262. The molecule has 16 heavy (non-hydrogen) atoms. The van der Waals surface area contributed by atoms with Crippen LogP contribution in [-0.4, -0.2) is 33.0 Å². The number of hydrogen-bond acceptors (Lipinski definition) is 3. The zero-order valence-corrected chi connectivity index (χ0v) is 12.2. The molecule has 0 amide bonds. The molecule has 3 nitrogen and oxygen atoms in total. The van der Waals surface area contributed by atoms with E-state index in [1.165, 1.54) is 0 Å². The van der Waals surface area contributed by atoms with Crippen molar-refractivity contribution in [3.05, 3.63) is 0 Å². The third-order valence-electron chi connectivity index (χ3n) is 3.03. The van der Waals surface area contributed by atoms with Crippen molar-refractivity contribution in [2.24, 2.45) is 11.3 Å². The van der Waals surface area contributed by atoms with Gasteiger partial charge >= 0.3 is 0 Å². The van der Waals surface area contributed by atoms with E-state index in [0.29, 0.717) is 24.6 Å². The molecule has 0 heterocycles. The quantitative estimate of drug-likeness (QED) is 0.703. The second-order valence-corrected chi connectivity index (χ2v) is 7.93. The van der Waals surface area contributed by atoms with E-state index >= 15 is 0 Å². The van der Waals surface area contributed by atoms with Crippen LogP contribution in [0.15, 0.2) is 0 Å². The van der Waals surface area contributed by atoms with Crippen molar-refractivity contribution >= 4 is 9.84 Å². The Morgan fingerprint density at radius 2 is 1.75 bits per heavy atom. The summed E-state index contributed by atoms with van der Waals surface area (Å²) >= 11 is 0. The lowest BCUT2D eigenvalue weighted by atomic mass is 9.82. The second kappa shape index (κ2) is 6.60. The van der Waals surface area contributed by atoms with E-state index < -0.39 is 9.84 Å². The molecule has 0 rings (SSSR count). The van der Waals surface area contributed by atoms with E-state index in [2.05, 4.69) is 33.0 Å². The predicted octanol–water partition coefficient (Wildman–Crippen LogP) is 2.08. The highest BCUT2D eigenvalue weighted by Gasteiger charge is 2.19. The van der Waals surface area contributed by atoms with Crippen molar-refractivity contribution < 1.29 is 8.42 Å². The Balaban J connectivity index is 3.77. The first-order chi connectivity index (χ1) is 7.19. The highest BCUT2D eigenvalue weighted by Crippen LogP contribution is 2.24. The molecule has 1 N–H and O–H groups in total. The highest BCUT2D eigenvalue weighted by atomic mass is 32.2. The molecule has 0 aromatic heterocycles. The predicted molar refractivity (Wildman–Crippen MR) is 70.4 cm³/mol. The lowest BCUT2D eigenvalue weighted by Gasteiger charge is -2.27. The van der Waals surface area contributed by atoms with Crippen LogP contribution in [0.3, 0.4) is 0 Å². The van der Waals surface area contributed by atoms with Crippen LogP contribution in [-0.2, 0) is 9.84 Å². The Hall–Kier alpha value is -0.0900. The minimum Gasteiger partial charge on any atom is -0.315 e. The minimum atomic E-state index is -2.83. The van der Waals surface area contributed by atoms with Gasteiger partial charge in [0.2, 0.25) is 0 Å². The Labute approximate surface area is 101 Å². The molecule has 0 aliphatic carbocycles. The van der Waals surface area contributed by atoms with Crippen LogP contribution in [0.25, 0.3) is 0 Å². The first-order valence-electron chi connectivity index (χ1n) is 6.10. The first kappa shape index (κ1) is 15.9. The van der Waals surface area contributed by atoms with Crippen molar-refractivity contribution in [3.63, 3.8) is 0 Å². The van der Waals surface area contributed by atoms with Crippen LogP contribution in [0.4, 0.5) is 0 Å². The molecule has 0 aliphatic heterocycles. The summed E-state index contributed by atoms with van der Waals surface area (Å²) in [6.45, 7) is 12.1. The topological polar surface area (TPSA) is 46.2 Å². The van der Waals surface area contributed by atoms with Crippen LogP contribution < -0.4 is 5.32 Å². The van der Waals surface area contributed by atoms with Gasteiger partial charge in [-0.25, -0.2) is 8.42 Å². The van der Waals surface area contributed by atoms with Crippen molar-refractivity contribution in [1.82, 2.24) is 5.32 Å². The third kappa shape index (κ3) is 7.23. The fourth-order valence-corrected chi connectivity index (χ4v) is 2.55. The van der Waals surface area contributed by atoms with Crippen molar-refractivity contribution in [2.45, 2.75) is 41.0 Å². The molecule has 0 saturated carbocycles. The monoisotopic (exact) mass is 249 g/mol. The van der Waals surface area contributed by atoms with E-state index in [1.54, 1.807) is 0 Å². The van der Waals surface area contributed by atoms with Gasteiger partial charge in [-0.3, -0.25) is 0 Å². The van der Waals surface area contributed by atoms with Crippen molar-refractivity contribution in [2.75, 3.05) is 24.6 Å². The van der Waals surface area contributed by atoms with Gasteiger partial charge in [0.1, 0.15) is 0 Å². The Morgan fingerprint density at radius 1 is 1.19 bits per heavy atom. The summed E-state index contributed by atoms with van der Waals surface area (Å²) in [5.41, 5.74) is 0.273. The van der Waals surface area contributed by atoms with Gasteiger partial charge in [0.25, 0.3) is 0 Å². The summed E-state index contributed by atoms with van der Waals surface area (Å²) in [7, 11) is -2.83. The zero-order valence-electron chi connectivity index (χ0n) is 11.3. The van der Waals surface area contributed by atoms with Gasteiger partial charge in [0.05, 0.1) is 5.75 Å².